The lowest BCUT2D eigenvalue weighted by Crippen LogP contribution is -2.34. The summed E-state index contributed by atoms with van der Waals surface area (Å²) in [5.41, 5.74) is 4.69. The predicted molar refractivity (Wildman–Crippen MR) is 73.0 cm³/mol. The van der Waals surface area contributed by atoms with Crippen molar-refractivity contribution in [3.05, 3.63) is 28.8 Å². The van der Waals surface area contributed by atoms with Gasteiger partial charge in [0.05, 0.1) is 7.11 Å². The lowest BCUT2D eigenvalue weighted by Gasteiger charge is -2.42. The first-order valence-corrected chi connectivity index (χ1v) is 6.47. The van der Waals surface area contributed by atoms with Crippen LogP contribution in [0.3, 0.4) is 0 Å². The SMILES string of the molecule is COc1cc(C)cc2c1C(C)(C)CCC2(C)C. The number of ether oxygens (including phenoxy) is 1. The molecular weight excluding hydrogens is 208 g/mol. The van der Waals surface area contributed by atoms with Crippen molar-refractivity contribution in [2.24, 2.45) is 0 Å². The van der Waals surface area contributed by atoms with E-state index in [1.807, 2.05) is 0 Å². The van der Waals surface area contributed by atoms with Crippen LogP contribution in [0.5, 0.6) is 5.75 Å². The van der Waals surface area contributed by atoms with Gasteiger partial charge in [-0.25, -0.2) is 0 Å². The van der Waals surface area contributed by atoms with Crippen LogP contribution in [0.2, 0.25) is 0 Å². The molecule has 1 aromatic carbocycles. The minimum Gasteiger partial charge on any atom is -0.496 e. The van der Waals surface area contributed by atoms with Gasteiger partial charge in [-0.1, -0.05) is 33.8 Å². The molecule has 0 saturated carbocycles. The molecule has 94 valence electrons. The van der Waals surface area contributed by atoms with Crippen molar-refractivity contribution < 1.29 is 4.74 Å². The number of fused-ring (bicyclic) bond motifs is 1. The van der Waals surface area contributed by atoms with Crippen molar-refractivity contribution in [3.63, 3.8) is 0 Å². The third-order valence-corrected chi connectivity index (χ3v) is 4.25. The Labute approximate surface area is 105 Å². The Bertz CT molecular complexity index is 441. The molecule has 0 radical (unpaired) electrons. The lowest BCUT2D eigenvalue weighted by atomic mass is 9.62. The molecule has 2 rings (SSSR count). The highest BCUT2D eigenvalue weighted by Crippen LogP contribution is 2.49. The summed E-state index contributed by atoms with van der Waals surface area (Å²) in [4.78, 5) is 0. The third kappa shape index (κ3) is 1.96. The fraction of sp³-hybridized carbons (Fsp3) is 0.625. The molecule has 1 aliphatic carbocycles. The molecule has 0 atom stereocenters. The Morgan fingerprint density at radius 1 is 1.00 bits per heavy atom. The van der Waals surface area contributed by atoms with Crippen molar-refractivity contribution in [1.29, 1.82) is 0 Å². The molecule has 0 saturated heterocycles. The van der Waals surface area contributed by atoms with Gasteiger partial charge in [0.25, 0.3) is 0 Å². The maximum absolute atomic E-state index is 5.62. The second-order valence-electron chi connectivity index (χ2n) is 6.66. The molecule has 1 heteroatoms. The van der Waals surface area contributed by atoms with Gasteiger partial charge in [-0.2, -0.15) is 0 Å². The van der Waals surface area contributed by atoms with Crippen LogP contribution in [0.1, 0.15) is 57.2 Å². The van der Waals surface area contributed by atoms with Gasteiger partial charge in [-0.15, -0.1) is 0 Å². The Hall–Kier alpha value is -0.980. The molecular formula is C16H24O. The van der Waals surface area contributed by atoms with E-state index in [1.165, 1.54) is 29.5 Å². The van der Waals surface area contributed by atoms with E-state index in [1.54, 1.807) is 7.11 Å². The molecule has 0 amide bonds. The number of hydrogen-bond acceptors (Lipinski definition) is 1. The summed E-state index contributed by atoms with van der Waals surface area (Å²) in [6.07, 6.45) is 2.48. The zero-order valence-corrected chi connectivity index (χ0v) is 12.0. The molecule has 0 spiro atoms. The van der Waals surface area contributed by atoms with Crippen LogP contribution in [-0.4, -0.2) is 7.11 Å². The number of aryl methyl sites for hydroxylation is 1. The Balaban J connectivity index is 2.75. The summed E-state index contributed by atoms with van der Waals surface area (Å²) in [5, 5.41) is 0. The van der Waals surface area contributed by atoms with Gasteiger partial charge in [0.1, 0.15) is 5.75 Å². The summed E-state index contributed by atoms with van der Waals surface area (Å²) >= 11 is 0. The highest BCUT2D eigenvalue weighted by molar-refractivity contribution is 5.52. The molecule has 0 bridgehead atoms. The number of hydrogen-bond donors (Lipinski definition) is 0. The van der Waals surface area contributed by atoms with Gasteiger partial charge >= 0.3 is 0 Å². The fourth-order valence-corrected chi connectivity index (χ4v) is 3.03. The molecule has 0 unspecified atom stereocenters. The van der Waals surface area contributed by atoms with Gasteiger partial charge in [0.15, 0.2) is 0 Å². The molecule has 1 aromatic rings. The van der Waals surface area contributed by atoms with Crippen molar-refractivity contribution in [3.8, 4) is 5.75 Å². The molecule has 1 nitrogen and oxygen atoms in total. The van der Waals surface area contributed by atoms with Gasteiger partial charge < -0.3 is 4.74 Å². The minimum absolute atomic E-state index is 0.226. The first-order valence-electron chi connectivity index (χ1n) is 6.47. The van der Waals surface area contributed by atoms with E-state index in [2.05, 4.69) is 46.8 Å². The first kappa shape index (κ1) is 12.5. The maximum Gasteiger partial charge on any atom is 0.123 e. The van der Waals surface area contributed by atoms with E-state index in [4.69, 9.17) is 4.74 Å². The van der Waals surface area contributed by atoms with Crippen LogP contribution in [0.15, 0.2) is 12.1 Å². The van der Waals surface area contributed by atoms with Gasteiger partial charge in [-0.05, 0) is 47.8 Å². The molecule has 1 aliphatic rings. The highest BCUT2D eigenvalue weighted by atomic mass is 16.5. The van der Waals surface area contributed by atoms with Crippen molar-refractivity contribution in [2.75, 3.05) is 7.11 Å². The van der Waals surface area contributed by atoms with Gasteiger partial charge in [0.2, 0.25) is 0 Å². The van der Waals surface area contributed by atoms with Crippen molar-refractivity contribution in [2.45, 2.75) is 58.3 Å². The smallest absolute Gasteiger partial charge is 0.123 e. The topological polar surface area (TPSA) is 9.23 Å². The van der Waals surface area contributed by atoms with E-state index >= 15 is 0 Å². The van der Waals surface area contributed by atoms with Crippen LogP contribution < -0.4 is 4.74 Å². The van der Waals surface area contributed by atoms with Gasteiger partial charge in [-0.3, -0.25) is 0 Å². The molecule has 0 N–H and O–H groups in total. The average Bonchev–Trinajstić information content (AvgIpc) is 2.23. The standard InChI is InChI=1S/C16H24O/c1-11-9-12-14(13(10-11)17-6)16(4,5)8-7-15(12,2)3/h9-10H,7-8H2,1-6H3. The van der Waals surface area contributed by atoms with Gasteiger partial charge in [0, 0.05) is 5.56 Å². The van der Waals surface area contributed by atoms with E-state index < -0.39 is 0 Å². The Kier molecular flexibility index (Phi) is 2.76. The second-order valence-corrected chi connectivity index (χ2v) is 6.66. The van der Waals surface area contributed by atoms with Crippen LogP contribution >= 0.6 is 0 Å². The summed E-state index contributed by atoms with van der Waals surface area (Å²) < 4.78 is 5.62. The molecule has 0 fully saturated rings. The Morgan fingerprint density at radius 3 is 2.18 bits per heavy atom. The first-order chi connectivity index (χ1) is 7.78. The molecule has 0 aliphatic heterocycles. The second kappa shape index (κ2) is 3.76. The van der Waals surface area contributed by atoms with E-state index in [0.29, 0.717) is 0 Å². The minimum atomic E-state index is 0.226. The quantitative estimate of drug-likeness (QED) is 0.699. The van der Waals surface area contributed by atoms with Crippen molar-refractivity contribution in [1.82, 2.24) is 0 Å². The largest absolute Gasteiger partial charge is 0.496 e. The maximum atomic E-state index is 5.62. The summed E-state index contributed by atoms with van der Waals surface area (Å²) in [6.45, 7) is 11.5. The highest BCUT2D eigenvalue weighted by Gasteiger charge is 2.39. The molecule has 0 heterocycles. The number of benzene rings is 1. The van der Waals surface area contributed by atoms with Crippen LogP contribution in [0.25, 0.3) is 0 Å². The normalized spacial score (nSPS) is 20.8. The van der Waals surface area contributed by atoms with Crippen molar-refractivity contribution >= 4 is 0 Å². The molecule has 0 aromatic heterocycles. The fourth-order valence-electron chi connectivity index (χ4n) is 3.03. The zero-order valence-electron chi connectivity index (χ0n) is 12.0. The van der Waals surface area contributed by atoms with E-state index in [0.717, 1.165) is 5.75 Å². The molecule has 17 heavy (non-hydrogen) atoms. The van der Waals surface area contributed by atoms with Crippen LogP contribution in [0.4, 0.5) is 0 Å². The predicted octanol–water partition coefficient (Wildman–Crippen LogP) is 4.35. The van der Waals surface area contributed by atoms with Crippen LogP contribution in [0, 0.1) is 6.92 Å². The average molecular weight is 232 g/mol. The van der Waals surface area contributed by atoms with Crippen LogP contribution in [-0.2, 0) is 10.8 Å². The van der Waals surface area contributed by atoms with E-state index in [-0.39, 0.29) is 10.8 Å². The van der Waals surface area contributed by atoms with E-state index in [9.17, 15) is 0 Å². The summed E-state index contributed by atoms with van der Waals surface area (Å²) in [6, 6.07) is 4.51. The lowest BCUT2D eigenvalue weighted by molar-refractivity contribution is 0.312. The monoisotopic (exact) mass is 232 g/mol. The summed E-state index contributed by atoms with van der Waals surface area (Å²) in [7, 11) is 1.78. The Morgan fingerprint density at radius 2 is 1.59 bits per heavy atom. The zero-order chi connectivity index (χ0) is 12.8. The number of methoxy groups -OCH3 is 1. The summed E-state index contributed by atoms with van der Waals surface area (Å²) in [5.74, 6) is 1.07. The third-order valence-electron chi connectivity index (χ3n) is 4.25. The number of rotatable bonds is 1.